The smallest absolute Gasteiger partial charge is 0.156 e. The zero-order valence-electron chi connectivity index (χ0n) is 15.3. The normalized spacial score (nSPS) is 12.2. The molecule has 1 aromatic carbocycles. The van der Waals surface area contributed by atoms with Gasteiger partial charge in [0.2, 0.25) is 0 Å². The van der Waals surface area contributed by atoms with Gasteiger partial charge in [-0.1, -0.05) is 44.2 Å². The third kappa shape index (κ3) is 4.09. The predicted octanol–water partition coefficient (Wildman–Crippen LogP) is 4.00. The van der Waals surface area contributed by atoms with Crippen molar-refractivity contribution in [1.29, 1.82) is 0 Å². The molecular weight excluding hydrogens is 344 g/mol. The number of nitrogens with one attached hydrogen (secondary N) is 1. The van der Waals surface area contributed by atoms with Crippen molar-refractivity contribution in [3.05, 3.63) is 65.9 Å². The minimum Gasteiger partial charge on any atom is -0.381 e. The molecule has 0 aliphatic heterocycles. The Kier molecular flexibility index (Phi) is 5.98. The van der Waals surface area contributed by atoms with E-state index in [-0.39, 0.29) is 0 Å². The molecule has 26 heavy (non-hydrogen) atoms. The number of pyridine rings is 1. The molecule has 5 nitrogen and oxygen atoms in total. The molecule has 0 bridgehead atoms. The van der Waals surface area contributed by atoms with E-state index in [1.54, 1.807) is 18.8 Å². The average molecular weight is 369 g/mol. The molecule has 0 fully saturated rings. The highest BCUT2D eigenvalue weighted by atomic mass is 32.2. The monoisotopic (exact) mass is 368 g/mol. The summed E-state index contributed by atoms with van der Waals surface area (Å²) >= 11 is 1.72. The molecule has 0 radical (unpaired) electrons. The molecule has 3 rings (SSSR count). The summed E-state index contributed by atoms with van der Waals surface area (Å²) < 4.78 is 2.07. The van der Waals surface area contributed by atoms with Crippen LogP contribution in [0.1, 0.15) is 25.0 Å². The van der Waals surface area contributed by atoms with Crippen LogP contribution in [-0.4, -0.2) is 28.3 Å². The molecule has 136 valence electrons. The van der Waals surface area contributed by atoms with Crippen LogP contribution in [0.25, 0.3) is 11.2 Å². The van der Waals surface area contributed by atoms with Crippen LogP contribution in [0.4, 0.5) is 5.82 Å². The lowest BCUT2D eigenvalue weighted by Gasteiger charge is -2.11. The molecule has 3 N–H and O–H groups in total. The lowest BCUT2D eigenvalue weighted by Crippen LogP contribution is -2.07. The minimum absolute atomic E-state index is 0.425. The number of benzene rings is 1. The molecule has 0 saturated heterocycles. The second-order valence-corrected chi connectivity index (χ2v) is 7.68. The molecule has 0 atom stereocenters. The highest BCUT2D eigenvalue weighted by Gasteiger charge is 2.14. The molecule has 2 heterocycles. The number of hydrogen-bond donors (Lipinski definition) is 2. The Morgan fingerprint density at radius 3 is 2.69 bits per heavy atom. The molecule has 3 aromatic rings. The quantitative estimate of drug-likeness (QED) is 0.375. The van der Waals surface area contributed by atoms with Crippen LogP contribution < -0.4 is 11.2 Å². The number of rotatable bonds is 7. The van der Waals surface area contributed by atoms with Crippen molar-refractivity contribution in [1.82, 2.24) is 14.9 Å². The fraction of sp³-hybridized carbons (Fsp3) is 0.250. The van der Waals surface area contributed by atoms with Gasteiger partial charge in [-0.2, -0.15) is 0 Å². The van der Waals surface area contributed by atoms with Crippen molar-refractivity contribution in [2.45, 2.75) is 24.1 Å². The van der Waals surface area contributed by atoms with E-state index in [9.17, 15) is 0 Å². The van der Waals surface area contributed by atoms with E-state index >= 15 is 0 Å². The number of hydrogen-bond acceptors (Lipinski definition) is 5. The Morgan fingerprint density at radius 2 is 2.00 bits per heavy atom. The zero-order chi connectivity index (χ0) is 18.5. The van der Waals surface area contributed by atoms with Crippen LogP contribution in [0, 0.1) is 0 Å². The van der Waals surface area contributed by atoms with Crippen molar-refractivity contribution in [2.75, 3.05) is 19.4 Å². The summed E-state index contributed by atoms with van der Waals surface area (Å²) in [6, 6.07) is 14.4. The first-order valence-corrected chi connectivity index (χ1v) is 9.47. The van der Waals surface area contributed by atoms with Gasteiger partial charge in [0.15, 0.2) is 5.82 Å². The van der Waals surface area contributed by atoms with Crippen molar-refractivity contribution < 1.29 is 4.84 Å². The Labute approximate surface area is 158 Å². The van der Waals surface area contributed by atoms with Gasteiger partial charge in [-0.15, -0.1) is 11.8 Å². The van der Waals surface area contributed by atoms with Gasteiger partial charge in [-0.25, -0.2) is 10.5 Å². The molecule has 0 spiro atoms. The summed E-state index contributed by atoms with van der Waals surface area (Å²) in [5.74, 6) is 0.574. The van der Waals surface area contributed by atoms with Gasteiger partial charge in [0.05, 0.1) is 6.61 Å². The SMILES string of the molecule is CNOCC=C(c1ccccc1)c1ccc2nc(N)c(SC(C)C)n2c1. The summed E-state index contributed by atoms with van der Waals surface area (Å²) in [6.07, 6.45) is 4.17. The van der Waals surface area contributed by atoms with Crippen LogP contribution in [0.2, 0.25) is 0 Å². The van der Waals surface area contributed by atoms with Gasteiger partial charge in [0, 0.05) is 18.5 Å². The number of anilines is 1. The Balaban J connectivity index is 2.09. The van der Waals surface area contributed by atoms with E-state index in [2.05, 4.69) is 59.2 Å². The van der Waals surface area contributed by atoms with Crippen molar-refractivity contribution in [3.8, 4) is 0 Å². The number of imidazole rings is 1. The Hall–Kier alpha value is -2.28. The second kappa shape index (κ2) is 8.40. The largest absolute Gasteiger partial charge is 0.381 e. The highest BCUT2D eigenvalue weighted by molar-refractivity contribution is 8.00. The first-order chi connectivity index (χ1) is 12.6. The summed E-state index contributed by atoms with van der Waals surface area (Å²) in [7, 11) is 1.76. The number of nitrogens with two attached hydrogens (primary N) is 1. The van der Waals surface area contributed by atoms with Crippen LogP contribution in [0.3, 0.4) is 0 Å². The summed E-state index contributed by atoms with van der Waals surface area (Å²) in [5.41, 5.74) is 13.0. The maximum atomic E-state index is 6.14. The molecule has 0 amide bonds. The van der Waals surface area contributed by atoms with E-state index in [4.69, 9.17) is 10.6 Å². The first-order valence-electron chi connectivity index (χ1n) is 8.59. The van der Waals surface area contributed by atoms with Crippen LogP contribution in [0.5, 0.6) is 0 Å². The van der Waals surface area contributed by atoms with Crippen LogP contribution in [-0.2, 0) is 4.84 Å². The van der Waals surface area contributed by atoms with Gasteiger partial charge in [0.25, 0.3) is 0 Å². The fourth-order valence-corrected chi connectivity index (χ4v) is 3.64. The third-order valence-corrected chi connectivity index (χ3v) is 4.96. The molecular formula is C20H24N4OS. The van der Waals surface area contributed by atoms with Gasteiger partial charge < -0.3 is 5.73 Å². The van der Waals surface area contributed by atoms with Crippen molar-refractivity contribution in [2.24, 2.45) is 0 Å². The Bertz CT molecular complexity index is 903. The number of nitrogen functional groups attached to an aromatic ring is 1. The number of nitrogens with zero attached hydrogens (tertiary/aromatic N) is 2. The van der Waals surface area contributed by atoms with Crippen molar-refractivity contribution in [3.63, 3.8) is 0 Å². The molecule has 0 aliphatic carbocycles. The average Bonchev–Trinajstić information content (AvgIpc) is 2.94. The number of hydroxylamine groups is 1. The van der Waals surface area contributed by atoms with E-state index in [1.165, 1.54) is 0 Å². The van der Waals surface area contributed by atoms with Gasteiger partial charge in [0.1, 0.15) is 10.7 Å². The minimum atomic E-state index is 0.425. The standard InChI is InChI=1S/C20H24N4OS/c1-14(2)26-20-19(21)23-18-10-9-16(13-24(18)20)17(11-12-25-22-3)15-7-5-4-6-8-15/h4-11,13-14,22H,12,21H2,1-3H3. The Morgan fingerprint density at radius 1 is 1.23 bits per heavy atom. The molecule has 0 saturated carbocycles. The summed E-state index contributed by atoms with van der Waals surface area (Å²) in [4.78, 5) is 9.79. The summed E-state index contributed by atoms with van der Waals surface area (Å²) in [5, 5.41) is 1.41. The van der Waals surface area contributed by atoms with Gasteiger partial charge in [-0.3, -0.25) is 9.24 Å². The zero-order valence-corrected chi connectivity index (χ0v) is 16.1. The lowest BCUT2D eigenvalue weighted by molar-refractivity contribution is 0.0813. The second-order valence-electron chi connectivity index (χ2n) is 6.11. The summed E-state index contributed by atoms with van der Waals surface area (Å²) in [6.45, 7) is 4.77. The third-order valence-electron chi connectivity index (χ3n) is 3.86. The molecule has 6 heteroatoms. The maximum absolute atomic E-state index is 6.14. The maximum Gasteiger partial charge on any atom is 0.156 e. The van der Waals surface area contributed by atoms with E-state index < -0.39 is 0 Å². The van der Waals surface area contributed by atoms with Crippen LogP contribution in [0.15, 0.2) is 59.8 Å². The molecule has 0 aliphatic rings. The predicted molar refractivity (Wildman–Crippen MR) is 109 cm³/mol. The highest BCUT2D eigenvalue weighted by Crippen LogP contribution is 2.31. The lowest BCUT2D eigenvalue weighted by atomic mass is 9.99. The number of fused-ring (bicyclic) bond motifs is 1. The van der Waals surface area contributed by atoms with Crippen molar-refractivity contribution >= 4 is 28.8 Å². The van der Waals surface area contributed by atoms with E-state index in [0.717, 1.165) is 27.4 Å². The van der Waals surface area contributed by atoms with Gasteiger partial charge >= 0.3 is 0 Å². The molecule has 0 unspecified atom stereocenters. The van der Waals surface area contributed by atoms with Crippen LogP contribution >= 0.6 is 11.8 Å². The van der Waals surface area contributed by atoms with E-state index in [1.807, 2.05) is 24.3 Å². The number of thioether (sulfide) groups is 1. The fourth-order valence-electron chi connectivity index (χ4n) is 2.77. The topological polar surface area (TPSA) is 64.6 Å². The number of aromatic nitrogens is 2. The van der Waals surface area contributed by atoms with E-state index in [0.29, 0.717) is 17.7 Å². The molecule has 2 aromatic heterocycles. The first kappa shape index (κ1) is 18.5. The van der Waals surface area contributed by atoms with Gasteiger partial charge in [-0.05, 0) is 34.9 Å².